The van der Waals surface area contributed by atoms with E-state index >= 15 is 0 Å². The molecule has 4 rings (SSSR count). The minimum Gasteiger partial charge on any atom is -0.497 e. The fourth-order valence-corrected chi connectivity index (χ4v) is 4.66. The van der Waals surface area contributed by atoms with Crippen LogP contribution in [0.5, 0.6) is 17.2 Å². The van der Waals surface area contributed by atoms with E-state index < -0.39 is 0 Å². The van der Waals surface area contributed by atoms with Crippen LogP contribution in [-0.4, -0.2) is 69.4 Å². The monoisotopic (exact) mass is 560 g/mol. The van der Waals surface area contributed by atoms with Gasteiger partial charge >= 0.3 is 0 Å². The third kappa shape index (κ3) is 10.4. The molecule has 1 aliphatic rings. The van der Waals surface area contributed by atoms with Crippen molar-refractivity contribution in [1.29, 1.82) is 0 Å². The lowest BCUT2D eigenvalue weighted by Gasteiger charge is -2.34. The van der Waals surface area contributed by atoms with Crippen molar-refractivity contribution in [3.05, 3.63) is 89.5 Å². The molecule has 1 saturated heterocycles. The number of aryl methyl sites for hydroxylation is 3. The van der Waals surface area contributed by atoms with Gasteiger partial charge in [-0.1, -0.05) is 42.5 Å². The van der Waals surface area contributed by atoms with Crippen LogP contribution in [0.4, 0.5) is 0 Å². The molecule has 1 fully saturated rings. The Balaban J connectivity index is 0.00000253. The summed E-state index contributed by atoms with van der Waals surface area (Å²) in [5, 5.41) is 0. The normalized spacial score (nSPS) is 13.7. The largest absolute Gasteiger partial charge is 0.497 e. The SMILES string of the molecule is COc1cccc(CCc2ccccc2OCCCN2CCN(CCOc3cccc(C)c3)CC2)c1.Cl.Cl. The van der Waals surface area contributed by atoms with Crippen molar-refractivity contribution in [2.24, 2.45) is 0 Å². The number of piperazine rings is 1. The Morgan fingerprint density at radius 3 is 2.16 bits per heavy atom. The van der Waals surface area contributed by atoms with Crippen LogP contribution in [0.2, 0.25) is 0 Å². The van der Waals surface area contributed by atoms with E-state index in [0.717, 1.165) is 89.0 Å². The van der Waals surface area contributed by atoms with Gasteiger partial charge in [-0.15, -0.1) is 24.8 Å². The predicted molar refractivity (Wildman–Crippen MR) is 161 cm³/mol. The Labute approximate surface area is 240 Å². The summed E-state index contributed by atoms with van der Waals surface area (Å²) in [4.78, 5) is 5.05. The van der Waals surface area contributed by atoms with Crippen molar-refractivity contribution < 1.29 is 14.2 Å². The zero-order chi connectivity index (χ0) is 25.0. The van der Waals surface area contributed by atoms with Crippen molar-refractivity contribution in [3.8, 4) is 17.2 Å². The van der Waals surface area contributed by atoms with Crippen molar-refractivity contribution in [2.75, 3.05) is 59.6 Å². The Morgan fingerprint density at radius 1 is 0.684 bits per heavy atom. The number of nitrogens with zero attached hydrogens (tertiary/aromatic N) is 2. The summed E-state index contributed by atoms with van der Waals surface area (Å²) < 4.78 is 17.5. The molecule has 0 radical (unpaired) electrons. The number of para-hydroxylation sites is 1. The van der Waals surface area contributed by atoms with Crippen LogP contribution in [0.25, 0.3) is 0 Å². The molecule has 208 valence electrons. The van der Waals surface area contributed by atoms with Gasteiger partial charge in [0.1, 0.15) is 23.9 Å². The second-order valence-electron chi connectivity index (χ2n) is 9.51. The highest BCUT2D eigenvalue weighted by atomic mass is 35.5. The fraction of sp³-hybridized carbons (Fsp3) is 0.419. The van der Waals surface area contributed by atoms with E-state index in [1.54, 1.807) is 7.11 Å². The maximum Gasteiger partial charge on any atom is 0.122 e. The maximum absolute atomic E-state index is 6.21. The topological polar surface area (TPSA) is 34.2 Å². The molecule has 0 unspecified atom stereocenters. The molecule has 1 aliphatic heterocycles. The molecule has 0 spiro atoms. The smallest absolute Gasteiger partial charge is 0.122 e. The molecule has 1 heterocycles. The third-order valence-corrected chi connectivity index (χ3v) is 6.80. The van der Waals surface area contributed by atoms with Crippen molar-refractivity contribution >= 4 is 24.8 Å². The summed E-state index contributed by atoms with van der Waals surface area (Å²) in [6, 6.07) is 25.0. The first kappa shape index (κ1) is 31.8. The van der Waals surface area contributed by atoms with E-state index in [0.29, 0.717) is 0 Å². The first-order chi connectivity index (χ1) is 17.7. The molecular formula is C31H42Cl2N2O3. The average Bonchev–Trinajstić information content (AvgIpc) is 2.91. The van der Waals surface area contributed by atoms with E-state index in [4.69, 9.17) is 14.2 Å². The van der Waals surface area contributed by atoms with Gasteiger partial charge in [0.05, 0.1) is 13.7 Å². The highest BCUT2D eigenvalue weighted by Crippen LogP contribution is 2.22. The van der Waals surface area contributed by atoms with Crippen LogP contribution < -0.4 is 14.2 Å². The summed E-state index contributed by atoms with van der Waals surface area (Å²) >= 11 is 0. The van der Waals surface area contributed by atoms with E-state index in [-0.39, 0.29) is 24.8 Å². The van der Waals surface area contributed by atoms with Crippen LogP contribution in [0.15, 0.2) is 72.8 Å². The van der Waals surface area contributed by atoms with Gasteiger partial charge < -0.3 is 19.1 Å². The summed E-state index contributed by atoms with van der Waals surface area (Å²) in [6.07, 6.45) is 2.97. The van der Waals surface area contributed by atoms with Gasteiger partial charge in [0, 0.05) is 39.3 Å². The number of hydrogen-bond acceptors (Lipinski definition) is 5. The summed E-state index contributed by atoms with van der Waals surface area (Å²) in [5.41, 5.74) is 3.79. The number of rotatable bonds is 13. The van der Waals surface area contributed by atoms with Crippen LogP contribution in [0.1, 0.15) is 23.1 Å². The van der Waals surface area contributed by atoms with Gasteiger partial charge in [-0.3, -0.25) is 4.90 Å². The molecule has 0 bridgehead atoms. The van der Waals surface area contributed by atoms with Crippen molar-refractivity contribution in [3.63, 3.8) is 0 Å². The number of ether oxygens (including phenoxy) is 3. The van der Waals surface area contributed by atoms with Crippen LogP contribution in [0.3, 0.4) is 0 Å². The second-order valence-corrected chi connectivity index (χ2v) is 9.51. The van der Waals surface area contributed by atoms with Gasteiger partial charge in [0.15, 0.2) is 0 Å². The fourth-order valence-electron chi connectivity index (χ4n) is 4.66. The molecule has 5 nitrogen and oxygen atoms in total. The molecular weight excluding hydrogens is 519 g/mol. The first-order valence-electron chi connectivity index (χ1n) is 13.2. The predicted octanol–water partition coefficient (Wildman–Crippen LogP) is 6.10. The van der Waals surface area contributed by atoms with E-state index in [1.165, 1.54) is 16.7 Å². The highest BCUT2D eigenvalue weighted by molar-refractivity contribution is 5.85. The first-order valence-corrected chi connectivity index (χ1v) is 13.2. The Bertz CT molecular complexity index is 1070. The minimum atomic E-state index is 0. The number of benzene rings is 3. The Kier molecular flexibility index (Phi) is 14.4. The van der Waals surface area contributed by atoms with Crippen LogP contribution in [0, 0.1) is 6.92 Å². The lowest BCUT2D eigenvalue weighted by Crippen LogP contribution is -2.47. The van der Waals surface area contributed by atoms with Crippen molar-refractivity contribution in [1.82, 2.24) is 9.80 Å². The van der Waals surface area contributed by atoms with Gasteiger partial charge in [-0.2, -0.15) is 0 Å². The van der Waals surface area contributed by atoms with Gasteiger partial charge in [0.25, 0.3) is 0 Å². The molecule has 0 aromatic heterocycles. The molecule has 3 aromatic carbocycles. The van der Waals surface area contributed by atoms with Gasteiger partial charge in [-0.05, 0) is 73.2 Å². The highest BCUT2D eigenvalue weighted by Gasteiger charge is 2.16. The zero-order valence-corrected chi connectivity index (χ0v) is 24.3. The average molecular weight is 562 g/mol. The summed E-state index contributed by atoms with van der Waals surface area (Å²) in [7, 11) is 1.71. The quantitative estimate of drug-likeness (QED) is 0.236. The standard InChI is InChI=1S/C31H40N2O3.2ClH/c1-26-8-5-12-30(24-26)35-23-21-33-19-17-32(18-20-33)16-7-22-36-31-13-4-3-10-28(31)15-14-27-9-6-11-29(25-27)34-2;;/h3-6,8-13,24-25H,7,14-23H2,1-2H3;2*1H. The Hall–Kier alpha value is -2.44. The molecule has 3 aromatic rings. The zero-order valence-electron chi connectivity index (χ0n) is 22.6. The maximum atomic E-state index is 6.21. The molecule has 0 amide bonds. The minimum absolute atomic E-state index is 0. The van der Waals surface area contributed by atoms with Gasteiger partial charge in [0.2, 0.25) is 0 Å². The van der Waals surface area contributed by atoms with Crippen molar-refractivity contribution in [2.45, 2.75) is 26.2 Å². The van der Waals surface area contributed by atoms with E-state index in [1.807, 2.05) is 18.2 Å². The molecule has 0 atom stereocenters. The molecule has 0 saturated carbocycles. The number of hydrogen-bond donors (Lipinski definition) is 0. The molecule has 0 N–H and O–H groups in total. The van der Waals surface area contributed by atoms with Crippen LogP contribution in [-0.2, 0) is 12.8 Å². The van der Waals surface area contributed by atoms with Gasteiger partial charge in [-0.25, -0.2) is 0 Å². The Morgan fingerprint density at radius 2 is 1.39 bits per heavy atom. The summed E-state index contributed by atoms with van der Waals surface area (Å²) in [5.74, 6) is 2.89. The van der Waals surface area contributed by atoms with E-state index in [9.17, 15) is 0 Å². The molecule has 0 aliphatic carbocycles. The molecule has 7 heteroatoms. The number of methoxy groups -OCH3 is 1. The third-order valence-electron chi connectivity index (χ3n) is 6.80. The van der Waals surface area contributed by atoms with E-state index in [2.05, 4.69) is 71.3 Å². The summed E-state index contributed by atoms with van der Waals surface area (Å²) in [6.45, 7) is 10.1. The lowest BCUT2D eigenvalue weighted by molar-refractivity contribution is 0.112. The lowest BCUT2D eigenvalue weighted by atomic mass is 10.0. The second kappa shape index (κ2) is 17.2. The van der Waals surface area contributed by atoms with Crippen LogP contribution >= 0.6 is 24.8 Å². The number of halogens is 2. The molecule has 38 heavy (non-hydrogen) atoms.